The highest BCUT2D eigenvalue weighted by Crippen LogP contribution is 2.32. The first-order valence-corrected chi connectivity index (χ1v) is 5.65. The van der Waals surface area contributed by atoms with Crippen molar-refractivity contribution >= 4 is 23.0 Å². The zero-order valence-corrected chi connectivity index (χ0v) is 9.54. The van der Waals surface area contributed by atoms with E-state index < -0.39 is 5.97 Å². The lowest BCUT2D eigenvalue weighted by Gasteiger charge is -2.07. The molecule has 0 aliphatic carbocycles. The molecule has 0 saturated carbocycles. The summed E-state index contributed by atoms with van der Waals surface area (Å²) in [4.78, 5) is 12.2. The van der Waals surface area contributed by atoms with Gasteiger partial charge >= 0.3 is 5.97 Å². The molecule has 16 heavy (non-hydrogen) atoms. The number of hydrogen-bond donors (Lipinski definition) is 2. The lowest BCUT2D eigenvalue weighted by Crippen LogP contribution is -2.02. The molecule has 82 valence electrons. The number of carbonyl (C=O) groups is 1. The van der Waals surface area contributed by atoms with Crippen LogP contribution >= 0.6 is 11.3 Å². The molecule has 0 atom stereocenters. The molecule has 1 aromatic heterocycles. The van der Waals surface area contributed by atoms with E-state index in [1.165, 1.54) is 0 Å². The highest BCUT2D eigenvalue weighted by Gasteiger charge is 2.14. The van der Waals surface area contributed by atoms with Crippen LogP contribution in [-0.4, -0.2) is 11.1 Å². The summed E-state index contributed by atoms with van der Waals surface area (Å²) in [5.74, 6) is -0.953. The Kier molecular flexibility index (Phi) is 2.66. The molecule has 1 aromatic carbocycles. The van der Waals surface area contributed by atoms with E-state index in [1.54, 1.807) is 29.5 Å². The fourth-order valence-corrected chi connectivity index (χ4v) is 2.34. The summed E-state index contributed by atoms with van der Waals surface area (Å²) in [6, 6.07) is 6.89. The summed E-state index contributed by atoms with van der Waals surface area (Å²) >= 11 is 1.58. The van der Waals surface area contributed by atoms with Gasteiger partial charge in [0, 0.05) is 16.1 Å². The van der Waals surface area contributed by atoms with Gasteiger partial charge in [-0.15, -0.1) is 11.3 Å². The first-order valence-electron chi connectivity index (χ1n) is 4.77. The lowest BCUT2D eigenvalue weighted by atomic mass is 10.00. The van der Waals surface area contributed by atoms with Crippen LogP contribution in [0.25, 0.3) is 11.1 Å². The molecule has 0 aliphatic rings. The number of carboxylic acid groups (broad SMARTS) is 1. The van der Waals surface area contributed by atoms with Crippen molar-refractivity contribution in [2.24, 2.45) is 0 Å². The highest BCUT2D eigenvalue weighted by atomic mass is 32.1. The van der Waals surface area contributed by atoms with Crippen molar-refractivity contribution < 1.29 is 9.90 Å². The Morgan fingerprint density at radius 2 is 2.19 bits per heavy atom. The number of thiophene rings is 1. The zero-order chi connectivity index (χ0) is 11.7. The minimum atomic E-state index is -0.953. The Morgan fingerprint density at radius 3 is 2.75 bits per heavy atom. The minimum Gasteiger partial charge on any atom is -0.478 e. The van der Waals surface area contributed by atoms with Gasteiger partial charge in [-0.05, 0) is 36.1 Å². The maximum absolute atomic E-state index is 11.1. The summed E-state index contributed by atoms with van der Waals surface area (Å²) in [6.45, 7) is 1.98. The molecule has 3 N–H and O–H groups in total. The summed E-state index contributed by atoms with van der Waals surface area (Å²) in [7, 11) is 0. The average Bonchev–Trinajstić information content (AvgIpc) is 2.64. The number of nitrogens with two attached hydrogens (primary N) is 1. The van der Waals surface area contributed by atoms with Crippen molar-refractivity contribution in [1.29, 1.82) is 0 Å². The quantitative estimate of drug-likeness (QED) is 0.784. The SMILES string of the molecule is Cc1cc(-c2c(N)cccc2C(=O)O)cs1. The van der Waals surface area contributed by atoms with E-state index in [1.807, 2.05) is 18.4 Å². The Morgan fingerprint density at radius 1 is 1.44 bits per heavy atom. The molecule has 2 rings (SSSR count). The number of rotatable bonds is 2. The van der Waals surface area contributed by atoms with Crippen LogP contribution in [-0.2, 0) is 0 Å². The Bertz CT molecular complexity index is 546. The molecule has 2 aromatic rings. The lowest BCUT2D eigenvalue weighted by molar-refractivity contribution is 0.0698. The van der Waals surface area contributed by atoms with Gasteiger partial charge in [-0.2, -0.15) is 0 Å². The van der Waals surface area contributed by atoms with Gasteiger partial charge in [0.2, 0.25) is 0 Å². The third-order valence-corrected chi connectivity index (χ3v) is 3.21. The molecule has 0 spiro atoms. The van der Waals surface area contributed by atoms with Crippen molar-refractivity contribution in [2.75, 3.05) is 5.73 Å². The molecular weight excluding hydrogens is 222 g/mol. The third-order valence-electron chi connectivity index (χ3n) is 2.35. The smallest absolute Gasteiger partial charge is 0.336 e. The monoisotopic (exact) mass is 233 g/mol. The summed E-state index contributed by atoms with van der Waals surface area (Å²) < 4.78 is 0. The molecule has 0 unspecified atom stereocenters. The van der Waals surface area contributed by atoms with Crippen LogP contribution in [0.4, 0.5) is 5.69 Å². The maximum atomic E-state index is 11.1. The van der Waals surface area contributed by atoms with Gasteiger partial charge in [0.05, 0.1) is 5.56 Å². The Hall–Kier alpha value is -1.81. The fourth-order valence-electron chi connectivity index (χ4n) is 1.65. The number of nitrogen functional groups attached to an aromatic ring is 1. The zero-order valence-electron chi connectivity index (χ0n) is 8.73. The van der Waals surface area contributed by atoms with Gasteiger partial charge in [-0.1, -0.05) is 6.07 Å². The average molecular weight is 233 g/mol. The van der Waals surface area contributed by atoms with Crippen molar-refractivity contribution in [3.8, 4) is 11.1 Å². The maximum Gasteiger partial charge on any atom is 0.336 e. The molecule has 0 radical (unpaired) electrons. The van der Waals surface area contributed by atoms with Crippen LogP contribution in [0.2, 0.25) is 0 Å². The van der Waals surface area contributed by atoms with E-state index in [0.29, 0.717) is 11.3 Å². The normalized spacial score (nSPS) is 10.3. The molecule has 0 fully saturated rings. The predicted molar refractivity (Wildman–Crippen MR) is 65.9 cm³/mol. The van der Waals surface area contributed by atoms with Gasteiger partial charge in [-0.25, -0.2) is 4.79 Å². The van der Waals surface area contributed by atoms with Crippen LogP contribution < -0.4 is 5.73 Å². The van der Waals surface area contributed by atoms with Crippen LogP contribution in [0, 0.1) is 6.92 Å². The van der Waals surface area contributed by atoms with Gasteiger partial charge in [-0.3, -0.25) is 0 Å². The van der Waals surface area contributed by atoms with E-state index >= 15 is 0 Å². The largest absolute Gasteiger partial charge is 0.478 e. The Labute approximate surface area is 97.2 Å². The molecule has 0 aliphatic heterocycles. The minimum absolute atomic E-state index is 0.248. The van der Waals surface area contributed by atoms with Gasteiger partial charge in [0.25, 0.3) is 0 Å². The third kappa shape index (κ3) is 1.79. The topological polar surface area (TPSA) is 63.3 Å². The summed E-state index contributed by atoms with van der Waals surface area (Å²) in [5.41, 5.74) is 8.07. The first-order chi connectivity index (χ1) is 7.59. The summed E-state index contributed by atoms with van der Waals surface area (Å²) in [5, 5.41) is 11.0. The first kappa shape index (κ1) is 10.7. The summed E-state index contributed by atoms with van der Waals surface area (Å²) in [6.07, 6.45) is 0. The van der Waals surface area contributed by atoms with Gasteiger partial charge in [0.15, 0.2) is 0 Å². The number of carboxylic acids is 1. The molecule has 3 nitrogen and oxygen atoms in total. The number of anilines is 1. The molecule has 0 saturated heterocycles. The molecule has 0 amide bonds. The number of benzene rings is 1. The molecule has 1 heterocycles. The van der Waals surface area contributed by atoms with Crippen molar-refractivity contribution in [3.63, 3.8) is 0 Å². The van der Waals surface area contributed by atoms with Gasteiger partial charge in [0.1, 0.15) is 0 Å². The van der Waals surface area contributed by atoms with Crippen molar-refractivity contribution in [3.05, 3.63) is 40.1 Å². The van der Waals surface area contributed by atoms with E-state index in [2.05, 4.69) is 0 Å². The second-order valence-electron chi connectivity index (χ2n) is 3.52. The molecular formula is C12H11NO2S. The van der Waals surface area contributed by atoms with E-state index in [0.717, 1.165) is 10.4 Å². The van der Waals surface area contributed by atoms with Crippen LogP contribution in [0.3, 0.4) is 0 Å². The van der Waals surface area contributed by atoms with Crippen molar-refractivity contribution in [2.45, 2.75) is 6.92 Å². The Balaban J connectivity index is 2.67. The fraction of sp³-hybridized carbons (Fsp3) is 0.0833. The van der Waals surface area contributed by atoms with Crippen molar-refractivity contribution in [1.82, 2.24) is 0 Å². The van der Waals surface area contributed by atoms with Crippen LogP contribution in [0.5, 0.6) is 0 Å². The predicted octanol–water partition coefficient (Wildman–Crippen LogP) is 3.00. The number of aryl methyl sites for hydroxylation is 1. The van der Waals surface area contributed by atoms with Crippen LogP contribution in [0.1, 0.15) is 15.2 Å². The molecule has 0 bridgehead atoms. The number of aromatic carboxylic acids is 1. The molecule has 4 heteroatoms. The second kappa shape index (κ2) is 3.98. The van der Waals surface area contributed by atoms with Crippen LogP contribution in [0.15, 0.2) is 29.6 Å². The highest BCUT2D eigenvalue weighted by molar-refractivity contribution is 7.10. The van der Waals surface area contributed by atoms with E-state index in [-0.39, 0.29) is 5.56 Å². The van der Waals surface area contributed by atoms with E-state index in [4.69, 9.17) is 10.8 Å². The second-order valence-corrected chi connectivity index (χ2v) is 4.64. The van der Waals surface area contributed by atoms with E-state index in [9.17, 15) is 4.79 Å². The number of hydrogen-bond acceptors (Lipinski definition) is 3. The van der Waals surface area contributed by atoms with Gasteiger partial charge < -0.3 is 10.8 Å². The standard InChI is InChI=1S/C12H11NO2S/c1-7-5-8(6-16-7)11-9(12(14)15)3-2-4-10(11)13/h2-6H,13H2,1H3,(H,14,15).